The van der Waals surface area contributed by atoms with Crippen molar-refractivity contribution in [2.45, 2.75) is 26.2 Å². The molecule has 1 unspecified atom stereocenters. The summed E-state index contributed by atoms with van der Waals surface area (Å²) in [7, 11) is 0. The summed E-state index contributed by atoms with van der Waals surface area (Å²) in [4.78, 5) is 48.0. The van der Waals surface area contributed by atoms with E-state index in [1.54, 1.807) is 35.2 Å². The Bertz CT molecular complexity index is 1460. The molecule has 1 aliphatic rings. The van der Waals surface area contributed by atoms with Gasteiger partial charge in [0.1, 0.15) is 11.5 Å². The van der Waals surface area contributed by atoms with Crippen molar-refractivity contribution in [1.82, 2.24) is 19.7 Å². The molecule has 1 saturated heterocycles. The number of hydrogen-bond donors (Lipinski definition) is 2. The molecule has 4 aromatic rings. The first-order valence-electron chi connectivity index (χ1n) is 11.5. The number of aryl methyl sites for hydroxylation is 1. The van der Waals surface area contributed by atoms with E-state index in [1.807, 2.05) is 24.4 Å². The number of H-pyrrole nitrogens is 1. The second kappa shape index (κ2) is 10.1. The number of rotatable bonds is 7. The van der Waals surface area contributed by atoms with Crippen LogP contribution in [0.25, 0.3) is 16.5 Å². The minimum Gasteiger partial charge on any atom is -0.312 e. The summed E-state index contributed by atoms with van der Waals surface area (Å²) in [5.41, 5.74) is 1.67. The Balaban J connectivity index is 1.44. The number of nitrogens with one attached hydrogen (secondary N) is 2. The number of carbonyl (C=O) groups excluding carboxylic acids is 2. The summed E-state index contributed by atoms with van der Waals surface area (Å²) >= 11 is 7.47. The minimum absolute atomic E-state index is 0.0848. The molecule has 4 heterocycles. The lowest BCUT2D eigenvalue weighted by Gasteiger charge is -2.17. The molecule has 1 aromatic carbocycles. The van der Waals surface area contributed by atoms with E-state index in [1.165, 1.54) is 22.1 Å². The minimum atomic E-state index is -0.555. The highest BCUT2D eigenvalue weighted by Gasteiger charge is 2.35. The molecule has 9 nitrogen and oxygen atoms in total. The lowest BCUT2D eigenvalue weighted by Crippen LogP contribution is -2.28. The Morgan fingerprint density at radius 1 is 1.22 bits per heavy atom. The molecule has 36 heavy (non-hydrogen) atoms. The Labute approximate surface area is 215 Å². The lowest BCUT2D eigenvalue weighted by molar-refractivity contribution is -0.122. The number of carbonyl (C=O) groups is 2. The highest BCUT2D eigenvalue weighted by Crippen LogP contribution is 2.30. The van der Waals surface area contributed by atoms with Gasteiger partial charge >= 0.3 is 0 Å². The van der Waals surface area contributed by atoms with Crippen LogP contribution in [-0.2, 0) is 16.0 Å². The molecule has 11 heteroatoms. The zero-order valence-electron chi connectivity index (χ0n) is 19.4. The van der Waals surface area contributed by atoms with Gasteiger partial charge in [-0.05, 0) is 42.1 Å². The van der Waals surface area contributed by atoms with E-state index < -0.39 is 5.92 Å². The maximum absolute atomic E-state index is 13.3. The molecule has 1 fully saturated rings. The van der Waals surface area contributed by atoms with E-state index >= 15 is 0 Å². The Morgan fingerprint density at radius 2 is 2.03 bits per heavy atom. The number of amides is 2. The molecule has 1 aliphatic heterocycles. The van der Waals surface area contributed by atoms with E-state index in [-0.39, 0.29) is 36.3 Å². The molecule has 5 rings (SSSR count). The summed E-state index contributed by atoms with van der Waals surface area (Å²) in [5.74, 6) is -0.429. The van der Waals surface area contributed by atoms with E-state index in [0.29, 0.717) is 34.3 Å². The summed E-state index contributed by atoms with van der Waals surface area (Å²) in [6.45, 7) is 2.26. The second-order valence-corrected chi connectivity index (χ2v) is 9.87. The van der Waals surface area contributed by atoms with Crippen molar-refractivity contribution in [1.29, 1.82) is 0 Å². The molecule has 184 valence electrons. The van der Waals surface area contributed by atoms with Gasteiger partial charge in [0, 0.05) is 41.5 Å². The van der Waals surface area contributed by atoms with Crippen LogP contribution < -0.4 is 15.8 Å². The van der Waals surface area contributed by atoms with Gasteiger partial charge in [-0.15, -0.1) is 11.3 Å². The van der Waals surface area contributed by atoms with Crippen LogP contribution in [0.1, 0.15) is 25.5 Å². The lowest BCUT2D eigenvalue weighted by atomic mass is 10.1. The van der Waals surface area contributed by atoms with Crippen LogP contribution in [0.4, 0.5) is 11.5 Å². The van der Waals surface area contributed by atoms with Crippen LogP contribution in [0.3, 0.4) is 0 Å². The number of anilines is 2. The van der Waals surface area contributed by atoms with E-state index in [0.717, 1.165) is 11.3 Å². The van der Waals surface area contributed by atoms with Crippen LogP contribution in [0.5, 0.6) is 0 Å². The SMILES string of the molecule is CCCc1cc(=O)[nH]c(-n2nc(-c3cccs3)cc2NC(=O)C2CC(=O)N(c3ccc(Cl)cc3)C2)n1. The molecule has 0 radical (unpaired) electrons. The van der Waals surface area contributed by atoms with Gasteiger partial charge in [-0.3, -0.25) is 19.4 Å². The largest absolute Gasteiger partial charge is 0.312 e. The number of thiophene rings is 1. The summed E-state index contributed by atoms with van der Waals surface area (Å²) in [6.07, 6.45) is 1.56. The van der Waals surface area contributed by atoms with Gasteiger partial charge < -0.3 is 10.2 Å². The van der Waals surface area contributed by atoms with Crippen LogP contribution in [0.15, 0.2) is 58.7 Å². The fourth-order valence-corrected chi connectivity index (χ4v) is 4.94. The maximum Gasteiger partial charge on any atom is 0.252 e. The number of aromatic nitrogens is 4. The van der Waals surface area contributed by atoms with Crippen LogP contribution in [-0.4, -0.2) is 38.1 Å². The molecule has 1 atom stereocenters. The van der Waals surface area contributed by atoms with Gasteiger partial charge in [-0.25, -0.2) is 4.98 Å². The highest BCUT2D eigenvalue weighted by molar-refractivity contribution is 7.13. The molecule has 0 saturated carbocycles. The molecule has 2 N–H and O–H groups in total. The molecule has 0 bridgehead atoms. The second-order valence-electron chi connectivity index (χ2n) is 8.49. The first-order valence-corrected chi connectivity index (χ1v) is 12.8. The smallest absolute Gasteiger partial charge is 0.252 e. The molecule has 3 aromatic heterocycles. The number of halogens is 1. The zero-order valence-corrected chi connectivity index (χ0v) is 21.0. The third-order valence-electron chi connectivity index (χ3n) is 5.86. The average molecular weight is 523 g/mol. The number of benzene rings is 1. The quantitative estimate of drug-likeness (QED) is 0.376. The summed E-state index contributed by atoms with van der Waals surface area (Å²) in [5, 5.41) is 10.0. The van der Waals surface area contributed by atoms with Crippen molar-refractivity contribution < 1.29 is 9.59 Å². The van der Waals surface area contributed by atoms with Gasteiger partial charge in [0.15, 0.2) is 0 Å². The fraction of sp³-hybridized carbons (Fsp3) is 0.240. The zero-order chi connectivity index (χ0) is 25.2. The molecule has 2 amide bonds. The summed E-state index contributed by atoms with van der Waals surface area (Å²) in [6, 6.07) is 14.0. The van der Waals surface area contributed by atoms with Crippen molar-refractivity contribution in [2.75, 3.05) is 16.8 Å². The van der Waals surface area contributed by atoms with Gasteiger partial charge in [0.05, 0.1) is 10.8 Å². The van der Waals surface area contributed by atoms with Crippen molar-refractivity contribution in [3.8, 4) is 16.5 Å². The number of nitrogens with zero attached hydrogens (tertiary/aromatic N) is 4. The van der Waals surface area contributed by atoms with Crippen molar-refractivity contribution in [3.63, 3.8) is 0 Å². The van der Waals surface area contributed by atoms with E-state index in [2.05, 4.69) is 20.4 Å². The monoisotopic (exact) mass is 522 g/mol. The van der Waals surface area contributed by atoms with E-state index in [4.69, 9.17) is 11.6 Å². The Morgan fingerprint density at radius 3 is 2.75 bits per heavy atom. The van der Waals surface area contributed by atoms with Crippen molar-refractivity contribution >= 4 is 46.3 Å². The Kier molecular flexibility index (Phi) is 6.71. The van der Waals surface area contributed by atoms with Crippen LogP contribution >= 0.6 is 22.9 Å². The first kappa shape index (κ1) is 24.0. The molecule has 0 spiro atoms. The van der Waals surface area contributed by atoms with Crippen LogP contribution in [0, 0.1) is 5.92 Å². The number of aromatic amines is 1. The fourth-order valence-electron chi connectivity index (χ4n) is 4.14. The first-order chi connectivity index (χ1) is 17.4. The van der Waals surface area contributed by atoms with Gasteiger partial charge in [-0.1, -0.05) is 31.0 Å². The number of hydrogen-bond acceptors (Lipinski definition) is 6. The molecule has 0 aliphatic carbocycles. The predicted octanol–water partition coefficient (Wildman–Crippen LogP) is 4.28. The summed E-state index contributed by atoms with van der Waals surface area (Å²) < 4.78 is 1.43. The molecular weight excluding hydrogens is 500 g/mol. The van der Waals surface area contributed by atoms with Crippen LogP contribution in [0.2, 0.25) is 5.02 Å². The predicted molar refractivity (Wildman–Crippen MR) is 140 cm³/mol. The van der Waals surface area contributed by atoms with Gasteiger partial charge in [0.25, 0.3) is 5.56 Å². The van der Waals surface area contributed by atoms with Gasteiger partial charge in [0.2, 0.25) is 17.8 Å². The normalized spacial score (nSPS) is 15.4. The van der Waals surface area contributed by atoms with E-state index in [9.17, 15) is 14.4 Å². The average Bonchev–Trinajstić information content (AvgIpc) is 3.59. The molecular formula is C25H23ClN6O3S. The Hall–Kier alpha value is -3.76. The van der Waals surface area contributed by atoms with Crippen molar-refractivity contribution in [2.24, 2.45) is 5.92 Å². The van der Waals surface area contributed by atoms with Crippen molar-refractivity contribution in [3.05, 3.63) is 75.0 Å². The topological polar surface area (TPSA) is 113 Å². The third-order valence-corrected chi connectivity index (χ3v) is 7.00. The standard InChI is InChI=1S/C25H23ClN6O3S/c1-2-4-17-12-22(33)29-25(27-17)32-21(13-19(30-32)20-5-3-10-36-20)28-24(35)15-11-23(34)31(14-15)18-8-6-16(26)7-9-18/h3,5-10,12-13,15H,2,4,11,14H2,1H3,(H,28,35)(H,27,29,33). The highest BCUT2D eigenvalue weighted by atomic mass is 35.5. The maximum atomic E-state index is 13.3. The third kappa shape index (κ3) is 4.95. The van der Waals surface area contributed by atoms with Gasteiger partial charge in [-0.2, -0.15) is 9.78 Å².